The van der Waals surface area contributed by atoms with Gasteiger partial charge in [-0.3, -0.25) is 58.0 Å². The van der Waals surface area contributed by atoms with E-state index < -0.39 is 53.7 Å². The number of imidazole rings is 1. The molecule has 71 heavy (non-hydrogen) atoms. The molecule has 2 amide bonds. The molecule has 5 atom stereocenters. The van der Waals surface area contributed by atoms with Crippen LogP contribution in [0.25, 0.3) is 0 Å². The van der Waals surface area contributed by atoms with Gasteiger partial charge < -0.3 is 40.8 Å². The fourth-order valence-electron chi connectivity index (χ4n) is 8.77. The summed E-state index contributed by atoms with van der Waals surface area (Å²) in [5.74, 6) is -7.22. The molecule has 394 valence electrons. The first kappa shape index (κ1) is 59.4. The van der Waals surface area contributed by atoms with Crippen LogP contribution in [0.3, 0.4) is 0 Å². The minimum Gasteiger partial charge on any atom is -0.480 e. The maximum absolute atomic E-state index is 13.9. The van der Waals surface area contributed by atoms with Crippen LogP contribution in [-0.2, 0) is 62.5 Å². The molecule has 1 aromatic heterocycles. The van der Waals surface area contributed by atoms with Gasteiger partial charge in [0.05, 0.1) is 37.9 Å². The van der Waals surface area contributed by atoms with E-state index in [2.05, 4.69) is 20.6 Å². The number of H-pyrrole nitrogens is 1. The summed E-state index contributed by atoms with van der Waals surface area (Å²) >= 11 is 0. The summed E-state index contributed by atoms with van der Waals surface area (Å²) < 4.78 is 0. The maximum Gasteiger partial charge on any atom is 0.320 e. The van der Waals surface area contributed by atoms with E-state index in [9.17, 15) is 63.6 Å². The van der Waals surface area contributed by atoms with Gasteiger partial charge in [-0.25, -0.2) is 4.98 Å². The standard InChI is InChI=1S/C50H76N8O13/c1-6-34(4)47(54-49(69)39(24-35(5)59)25-40-28-51-32-53-40)43(61)26-38(23-33(2)3)48(68)52-27-37-9-7-36(8-10-37)11-12-41(60)13-14-42(50(70)71)58-21-19-56(30-45(64)65)17-15-55(29-44(62)63)16-18-57(20-22-58)31-46(66)67/h7-10,28,32-34,38-39,42,47H,6,11-27,29-31H2,1-5H3,(H,51,53)(H,52,68)(H,54,69)(H,62,63)(H,64,65)(H,66,67)(H,70,71)/t34?,38-,39+,42?,47+/m1/s1. The highest BCUT2D eigenvalue weighted by Gasteiger charge is 2.34. The third-order valence-corrected chi connectivity index (χ3v) is 12.9. The number of carbonyl (C=O) groups excluding carboxylic acids is 5. The lowest BCUT2D eigenvalue weighted by atomic mass is 9.85. The number of nitrogens with one attached hydrogen (secondary N) is 3. The lowest BCUT2D eigenvalue weighted by Crippen LogP contribution is -2.51. The zero-order valence-electron chi connectivity index (χ0n) is 42.0. The fraction of sp³-hybridized carbons (Fsp3) is 0.640. The van der Waals surface area contributed by atoms with Gasteiger partial charge in [0.1, 0.15) is 17.6 Å². The molecule has 1 aliphatic heterocycles. The fourth-order valence-corrected chi connectivity index (χ4v) is 8.77. The van der Waals surface area contributed by atoms with Crippen molar-refractivity contribution in [2.75, 3.05) is 72.0 Å². The third-order valence-electron chi connectivity index (χ3n) is 12.9. The van der Waals surface area contributed by atoms with Crippen molar-refractivity contribution in [2.24, 2.45) is 23.7 Å². The average Bonchev–Trinajstić information content (AvgIpc) is 3.81. The van der Waals surface area contributed by atoms with Gasteiger partial charge in [-0.05, 0) is 49.1 Å². The molecule has 1 aromatic carbocycles. The second-order valence-corrected chi connectivity index (χ2v) is 19.3. The second kappa shape index (κ2) is 30.8. The molecule has 1 aliphatic rings. The number of benzene rings is 1. The molecule has 7 N–H and O–H groups in total. The van der Waals surface area contributed by atoms with Crippen molar-refractivity contribution in [3.63, 3.8) is 0 Å². The Hall–Kier alpha value is -5.90. The van der Waals surface area contributed by atoms with Crippen molar-refractivity contribution in [3.05, 3.63) is 53.6 Å². The van der Waals surface area contributed by atoms with E-state index in [1.807, 2.05) is 52.0 Å². The van der Waals surface area contributed by atoms with Crippen LogP contribution in [0.5, 0.6) is 0 Å². The zero-order valence-corrected chi connectivity index (χ0v) is 42.0. The molecular weight excluding hydrogens is 921 g/mol. The molecule has 1 saturated heterocycles. The van der Waals surface area contributed by atoms with E-state index in [4.69, 9.17) is 0 Å². The largest absolute Gasteiger partial charge is 0.480 e. The normalized spacial score (nSPS) is 16.9. The number of aromatic amines is 1. The number of aryl methyl sites for hydroxylation is 1. The number of carbonyl (C=O) groups is 9. The van der Waals surface area contributed by atoms with Crippen molar-refractivity contribution < 1.29 is 63.6 Å². The zero-order chi connectivity index (χ0) is 52.6. The number of amides is 2. The lowest BCUT2D eigenvalue weighted by Gasteiger charge is -2.35. The van der Waals surface area contributed by atoms with Crippen LogP contribution in [0.4, 0.5) is 0 Å². The maximum atomic E-state index is 13.9. The van der Waals surface area contributed by atoms with Crippen molar-refractivity contribution in [2.45, 2.75) is 111 Å². The van der Waals surface area contributed by atoms with Gasteiger partial charge in [-0.2, -0.15) is 0 Å². The first-order chi connectivity index (χ1) is 33.6. The molecule has 21 heteroatoms. The number of aliphatic carboxylic acids is 4. The first-order valence-electron chi connectivity index (χ1n) is 24.6. The molecule has 0 saturated carbocycles. The van der Waals surface area contributed by atoms with Crippen LogP contribution in [-0.4, -0.2) is 187 Å². The van der Waals surface area contributed by atoms with Crippen LogP contribution in [0.1, 0.15) is 96.4 Å². The Kier molecular flexibility index (Phi) is 25.7. The molecule has 3 rings (SSSR count). The number of ketones is 3. The number of aromatic nitrogens is 2. The highest BCUT2D eigenvalue weighted by atomic mass is 16.4. The molecule has 2 heterocycles. The van der Waals surface area contributed by atoms with Crippen molar-refractivity contribution in [1.29, 1.82) is 0 Å². The van der Waals surface area contributed by atoms with Crippen molar-refractivity contribution in [3.8, 4) is 0 Å². The number of carboxylic acid groups (broad SMARTS) is 4. The Morgan fingerprint density at radius 1 is 0.704 bits per heavy atom. The number of rotatable bonds is 30. The Morgan fingerprint density at radius 3 is 1.70 bits per heavy atom. The van der Waals surface area contributed by atoms with Gasteiger partial charge in [0.25, 0.3) is 0 Å². The molecule has 0 radical (unpaired) electrons. The van der Waals surface area contributed by atoms with Gasteiger partial charge in [0, 0.05) is 109 Å². The smallest absolute Gasteiger partial charge is 0.320 e. The monoisotopic (exact) mass is 997 g/mol. The number of hydrogen-bond donors (Lipinski definition) is 7. The first-order valence-corrected chi connectivity index (χ1v) is 24.6. The number of carboxylic acids is 4. The van der Waals surface area contributed by atoms with E-state index in [-0.39, 0.29) is 152 Å². The van der Waals surface area contributed by atoms with E-state index >= 15 is 0 Å². The quantitative estimate of drug-likeness (QED) is 0.0590. The summed E-state index contributed by atoms with van der Waals surface area (Å²) in [6.07, 6.45) is 4.74. The number of nitrogens with zero attached hydrogens (tertiary/aromatic N) is 5. The predicted octanol–water partition coefficient (Wildman–Crippen LogP) is 2.23. The minimum absolute atomic E-state index is 0.000580. The van der Waals surface area contributed by atoms with Gasteiger partial charge in [-0.1, -0.05) is 58.4 Å². The Morgan fingerprint density at radius 2 is 1.24 bits per heavy atom. The topological polar surface area (TPSA) is 300 Å². The molecule has 0 aliphatic carbocycles. The molecule has 2 aromatic rings. The Bertz CT molecular complexity index is 2030. The third kappa shape index (κ3) is 22.8. The summed E-state index contributed by atoms with van der Waals surface area (Å²) in [7, 11) is 0. The van der Waals surface area contributed by atoms with Gasteiger partial charge in [0.15, 0.2) is 5.78 Å². The SMILES string of the molecule is CCC(C)[C@H](NC(=O)[C@@H](CC(C)=O)Cc1cnc[nH]1)C(=O)C[C@@H](CC(C)C)C(=O)NCc1ccc(CCC(=O)CCC(C(=O)O)N2CCN(CC(=O)O)CCN(CC(=O)O)CCN(CC(=O)O)CC2)cc1. The number of hydrogen-bond acceptors (Lipinski definition) is 14. The summed E-state index contributed by atoms with van der Waals surface area (Å²) in [6.45, 7) is 9.58. The lowest BCUT2D eigenvalue weighted by molar-refractivity contribution is -0.145. The molecule has 0 bridgehead atoms. The van der Waals surface area contributed by atoms with Crippen LogP contribution in [0.15, 0.2) is 36.8 Å². The van der Waals surface area contributed by atoms with Crippen molar-refractivity contribution in [1.82, 2.24) is 40.2 Å². The summed E-state index contributed by atoms with van der Waals surface area (Å²) in [4.78, 5) is 127. The van der Waals surface area contributed by atoms with Gasteiger partial charge in [0.2, 0.25) is 11.8 Å². The van der Waals surface area contributed by atoms with Crippen LogP contribution < -0.4 is 10.6 Å². The molecule has 2 unspecified atom stereocenters. The summed E-state index contributed by atoms with van der Waals surface area (Å²) in [5, 5.41) is 44.7. The number of Topliss-reactive ketones (excluding diaryl/α,β-unsaturated/α-hetero) is 3. The van der Waals surface area contributed by atoms with Crippen molar-refractivity contribution >= 4 is 53.0 Å². The minimum atomic E-state index is -1.17. The predicted molar refractivity (Wildman–Crippen MR) is 261 cm³/mol. The molecule has 0 spiro atoms. The van der Waals surface area contributed by atoms with E-state index in [0.717, 1.165) is 11.1 Å². The summed E-state index contributed by atoms with van der Waals surface area (Å²) in [6, 6.07) is 5.39. The highest BCUT2D eigenvalue weighted by Crippen LogP contribution is 2.22. The average molecular weight is 997 g/mol. The van der Waals surface area contributed by atoms with Crippen LogP contribution in [0, 0.1) is 23.7 Å². The second-order valence-electron chi connectivity index (χ2n) is 19.3. The molecular formula is C50H76N8O13. The summed E-state index contributed by atoms with van der Waals surface area (Å²) in [5.41, 5.74) is 2.33. The molecule has 1 fully saturated rings. The highest BCUT2D eigenvalue weighted by molar-refractivity contribution is 5.94. The Labute approximate surface area is 416 Å². The van der Waals surface area contributed by atoms with Gasteiger partial charge >= 0.3 is 23.9 Å². The molecule has 21 nitrogen and oxygen atoms in total. The van der Waals surface area contributed by atoms with E-state index in [1.54, 1.807) is 25.8 Å². The van der Waals surface area contributed by atoms with Crippen LogP contribution in [0.2, 0.25) is 0 Å². The van der Waals surface area contributed by atoms with Gasteiger partial charge in [-0.15, -0.1) is 0 Å². The van der Waals surface area contributed by atoms with E-state index in [0.29, 0.717) is 25.0 Å². The van der Waals surface area contributed by atoms with Crippen LogP contribution >= 0.6 is 0 Å². The Balaban J connectivity index is 1.60. The van der Waals surface area contributed by atoms with E-state index in [1.165, 1.54) is 13.3 Å².